The van der Waals surface area contributed by atoms with Crippen molar-refractivity contribution >= 4 is 18.0 Å². The third-order valence-electron chi connectivity index (χ3n) is 6.78. The van der Waals surface area contributed by atoms with Crippen LogP contribution in [-0.4, -0.2) is 53.7 Å². The quantitative estimate of drug-likeness (QED) is 0.664. The number of nitrogens with one attached hydrogen (secondary N) is 1. The number of ether oxygens (including phenoxy) is 1. The molecule has 1 atom stereocenters. The van der Waals surface area contributed by atoms with E-state index in [9.17, 15) is 14.4 Å². The highest BCUT2D eigenvalue weighted by Gasteiger charge is 2.30. The largest absolute Gasteiger partial charge is 0.481 e. The minimum absolute atomic E-state index is 0.0135. The van der Waals surface area contributed by atoms with E-state index in [1.165, 1.54) is 11.1 Å². The number of carboxylic acids is 1. The van der Waals surface area contributed by atoms with E-state index in [0.717, 1.165) is 11.1 Å². The Hall–Kier alpha value is -3.35. The van der Waals surface area contributed by atoms with Crippen LogP contribution in [0.15, 0.2) is 48.5 Å². The van der Waals surface area contributed by atoms with Crippen molar-refractivity contribution in [2.75, 3.05) is 19.7 Å². The highest BCUT2D eigenvalue weighted by molar-refractivity contribution is 5.80. The summed E-state index contributed by atoms with van der Waals surface area (Å²) in [7, 11) is 0. The van der Waals surface area contributed by atoms with Crippen LogP contribution < -0.4 is 5.32 Å². The van der Waals surface area contributed by atoms with Gasteiger partial charge in [-0.2, -0.15) is 0 Å². The molecule has 2 aromatic rings. The number of benzene rings is 2. The van der Waals surface area contributed by atoms with Gasteiger partial charge in [-0.1, -0.05) is 55.5 Å². The lowest BCUT2D eigenvalue weighted by Crippen LogP contribution is -2.44. The molecule has 0 saturated carbocycles. The Morgan fingerprint density at radius 1 is 1.03 bits per heavy atom. The number of carbonyl (C=O) groups is 3. The van der Waals surface area contributed by atoms with Crippen molar-refractivity contribution in [2.45, 2.75) is 44.6 Å². The van der Waals surface area contributed by atoms with Crippen LogP contribution in [0.3, 0.4) is 0 Å². The van der Waals surface area contributed by atoms with Gasteiger partial charge in [0.1, 0.15) is 6.61 Å². The van der Waals surface area contributed by atoms with Crippen LogP contribution in [0.2, 0.25) is 0 Å². The number of aliphatic carboxylic acids is 1. The van der Waals surface area contributed by atoms with Gasteiger partial charge in [-0.3, -0.25) is 9.59 Å². The number of nitrogens with zero attached hydrogens (tertiary/aromatic N) is 1. The van der Waals surface area contributed by atoms with Crippen molar-refractivity contribution in [1.82, 2.24) is 10.2 Å². The summed E-state index contributed by atoms with van der Waals surface area (Å²) in [4.78, 5) is 38.0. The number of hydrogen-bond donors (Lipinski definition) is 2. The number of carbonyl (C=O) groups excluding carboxylic acids is 2. The van der Waals surface area contributed by atoms with Gasteiger partial charge < -0.3 is 20.1 Å². The zero-order valence-electron chi connectivity index (χ0n) is 18.8. The predicted octanol–water partition coefficient (Wildman–Crippen LogP) is 4.02. The molecule has 0 spiro atoms. The Bertz CT molecular complexity index is 983. The number of hydrogen-bond acceptors (Lipinski definition) is 4. The van der Waals surface area contributed by atoms with Crippen LogP contribution in [0.4, 0.5) is 4.79 Å². The number of alkyl carbamates (subject to hydrolysis) is 1. The summed E-state index contributed by atoms with van der Waals surface area (Å²) in [6.45, 7) is 3.03. The SMILES string of the molecule is CCC(CC(=O)N1CCC(C(=O)O)CC1)NC(=O)OCC1c2ccccc2-c2ccccc21. The van der Waals surface area contributed by atoms with Crippen molar-refractivity contribution in [1.29, 1.82) is 0 Å². The lowest BCUT2D eigenvalue weighted by Gasteiger charge is -2.31. The molecule has 0 aromatic heterocycles. The first-order valence-corrected chi connectivity index (χ1v) is 11.6. The van der Waals surface area contributed by atoms with Gasteiger partial charge in [-0.05, 0) is 41.5 Å². The van der Waals surface area contributed by atoms with E-state index < -0.39 is 12.1 Å². The molecule has 1 saturated heterocycles. The maximum absolute atomic E-state index is 12.7. The molecule has 1 heterocycles. The zero-order chi connectivity index (χ0) is 23.4. The van der Waals surface area contributed by atoms with Crippen LogP contribution in [0.25, 0.3) is 11.1 Å². The summed E-state index contributed by atoms with van der Waals surface area (Å²) in [5.74, 6) is -1.26. The van der Waals surface area contributed by atoms with Crippen molar-refractivity contribution in [3.8, 4) is 11.1 Å². The van der Waals surface area contributed by atoms with Crippen molar-refractivity contribution in [3.63, 3.8) is 0 Å². The lowest BCUT2D eigenvalue weighted by molar-refractivity contribution is -0.145. The van der Waals surface area contributed by atoms with Gasteiger partial charge in [0.25, 0.3) is 0 Å². The normalized spacial score (nSPS) is 16.6. The topological polar surface area (TPSA) is 95.9 Å². The van der Waals surface area contributed by atoms with E-state index in [2.05, 4.69) is 29.6 Å². The summed E-state index contributed by atoms with van der Waals surface area (Å²) in [6, 6.07) is 16.0. The first-order chi connectivity index (χ1) is 16.0. The van der Waals surface area contributed by atoms with Gasteiger partial charge in [0.15, 0.2) is 0 Å². The maximum Gasteiger partial charge on any atom is 0.407 e. The van der Waals surface area contributed by atoms with E-state index >= 15 is 0 Å². The molecule has 2 amide bonds. The number of amides is 2. The van der Waals surface area contributed by atoms with Gasteiger partial charge in [0.05, 0.1) is 5.92 Å². The molecule has 1 aliphatic heterocycles. The highest BCUT2D eigenvalue weighted by atomic mass is 16.5. The number of likely N-dealkylation sites (tertiary alicyclic amines) is 1. The number of piperidine rings is 1. The minimum atomic E-state index is -0.801. The first-order valence-electron chi connectivity index (χ1n) is 11.6. The summed E-state index contributed by atoms with van der Waals surface area (Å²) in [5.41, 5.74) is 4.65. The van der Waals surface area contributed by atoms with Gasteiger partial charge in [0.2, 0.25) is 5.91 Å². The fourth-order valence-corrected chi connectivity index (χ4v) is 4.82. The second-order valence-electron chi connectivity index (χ2n) is 8.77. The molecule has 4 rings (SSSR count). The maximum atomic E-state index is 12.7. The van der Waals surface area contributed by atoms with Crippen molar-refractivity contribution < 1.29 is 24.2 Å². The van der Waals surface area contributed by atoms with E-state index in [-0.39, 0.29) is 36.8 Å². The molecule has 33 heavy (non-hydrogen) atoms. The number of rotatable bonds is 7. The number of carboxylic acid groups (broad SMARTS) is 1. The molecule has 7 heteroatoms. The van der Waals surface area contributed by atoms with Crippen molar-refractivity contribution in [3.05, 3.63) is 59.7 Å². The smallest absolute Gasteiger partial charge is 0.407 e. The summed E-state index contributed by atoms with van der Waals surface area (Å²) < 4.78 is 5.60. The third kappa shape index (κ3) is 5.02. The van der Waals surface area contributed by atoms with Gasteiger partial charge in [-0.25, -0.2) is 4.79 Å². The lowest BCUT2D eigenvalue weighted by atomic mass is 9.96. The summed E-state index contributed by atoms with van der Waals surface area (Å²) in [5, 5.41) is 12.0. The van der Waals surface area contributed by atoms with E-state index in [4.69, 9.17) is 9.84 Å². The minimum Gasteiger partial charge on any atom is -0.481 e. The van der Waals surface area contributed by atoms with Gasteiger partial charge in [0, 0.05) is 31.5 Å². The van der Waals surface area contributed by atoms with Gasteiger partial charge >= 0.3 is 12.1 Å². The summed E-state index contributed by atoms with van der Waals surface area (Å²) >= 11 is 0. The van der Waals surface area contributed by atoms with Crippen LogP contribution >= 0.6 is 0 Å². The fraction of sp³-hybridized carbons (Fsp3) is 0.423. The Labute approximate surface area is 193 Å². The molecular formula is C26H30N2O5. The Balaban J connectivity index is 1.30. The predicted molar refractivity (Wildman–Crippen MR) is 124 cm³/mol. The number of fused-ring (bicyclic) bond motifs is 3. The standard InChI is InChI=1S/C26H30N2O5/c1-2-18(15-24(29)28-13-11-17(12-14-28)25(30)31)27-26(32)33-16-23-21-9-5-3-7-19(21)20-8-4-6-10-22(20)23/h3-10,17-18,23H,2,11-16H2,1H3,(H,27,32)(H,30,31). The molecule has 2 N–H and O–H groups in total. The molecular weight excluding hydrogens is 420 g/mol. The molecule has 174 valence electrons. The third-order valence-corrected chi connectivity index (χ3v) is 6.78. The second-order valence-corrected chi connectivity index (χ2v) is 8.77. The molecule has 2 aliphatic rings. The summed E-state index contributed by atoms with van der Waals surface area (Å²) in [6.07, 6.45) is 1.19. The molecule has 1 aliphatic carbocycles. The van der Waals surface area contributed by atoms with Gasteiger partial charge in [-0.15, -0.1) is 0 Å². The van der Waals surface area contributed by atoms with Crippen LogP contribution in [0.5, 0.6) is 0 Å². The molecule has 1 unspecified atom stereocenters. The van der Waals surface area contributed by atoms with Crippen LogP contribution in [-0.2, 0) is 14.3 Å². The first kappa shape index (κ1) is 22.8. The zero-order valence-corrected chi connectivity index (χ0v) is 18.8. The van der Waals surface area contributed by atoms with Crippen LogP contribution in [0.1, 0.15) is 49.7 Å². The molecule has 0 bridgehead atoms. The Morgan fingerprint density at radius 2 is 1.61 bits per heavy atom. The molecule has 1 fully saturated rings. The molecule has 7 nitrogen and oxygen atoms in total. The Morgan fingerprint density at radius 3 is 2.15 bits per heavy atom. The van der Waals surface area contributed by atoms with E-state index in [0.29, 0.717) is 32.4 Å². The average molecular weight is 451 g/mol. The van der Waals surface area contributed by atoms with E-state index in [1.807, 2.05) is 31.2 Å². The average Bonchev–Trinajstić information content (AvgIpc) is 3.16. The monoisotopic (exact) mass is 450 g/mol. The highest BCUT2D eigenvalue weighted by Crippen LogP contribution is 2.44. The van der Waals surface area contributed by atoms with Crippen LogP contribution in [0, 0.1) is 5.92 Å². The molecule has 2 aromatic carbocycles. The second kappa shape index (κ2) is 10.1. The van der Waals surface area contributed by atoms with Crippen molar-refractivity contribution in [2.24, 2.45) is 5.92 Å². The van der Waals surface area contributed by atoms with E-state index in [1.54, 1.807) is 4.90 Å². The molecule has 0 radical (unpaired) electrons. The Kier molecular flexibility index (Phi) is 6.96. The fourth-order valence-electron chi connectivity index (χ4n) is 4.82.